The van der Waals surface area contributed by atoms with Crippen molar-refractivity contribution >= 4 is 23.3 Å². The van der Waals surface area contributed by atoms with Crippen LogP contribution in [-0.4, -0.2) is 27.5 Å². The van der Waals surface area contributed by atoms with Gasteiger partial charge in [0.15, 0.2) is 0 Å². The van der Waals surface area contributed by atoms with E-state index in [-0.39, 0.29) is 16.0 Å². The predicted octanol–water partition coefficient (Wildman–Crippen LogP) is 2.17. The summed E-state index contributed by atoms with van der Waals surface area (Å²) in [5, 5.41) is 22.7. The Kier molecular flexibility index (Phi) is 3.39. The van der Waals surface area contributed by atoms with Crippen LogP contribution in [-0.2, 0) is 0 Å². The van der Waals surface area contributed by atoms with Crippen LogP contribution in [0.1, 0.15) is 18.4 Å². The average molecular weight is 264 g/mol. The molecule has 0 unspecified atom stereocenters. The second-order valence-corrected chi connectivity index (χ2v) is 5.47. The molecule has 1 aliphatic rings. The number of rotatable bonds is 5. The number of hydrogen-bond acceptors (Lipinski definition) is 6. The predicted molar refractivity (Wildman–Crippen MR) is 69.6 cm³/mol. The normalized spacial score (nSPS) is 15.8. The number of anilines is 1. The third kappa shape index (κ3) is 2.54. The molecule has 0 saturated heterocycles. The van der Waals surface area contributed by atoms with E-state index >= 15 is 0 Å². The highest BCUT2D eigenvalue weighted by Crippen LogP contribution is 2.47. The van der Waals surface area contributed by atoms with Gasteiger partial charge >= 0.3 is 0 Å². The minimum Gasteiger partial charge on any atom is -0.368 e. The second-order valence-electron chi connectivity index (χ2n) is 4.20. The molecule has 94 valence electrons. The van der Waals surface area contributed by atoms with Crippen LogP contribution >= 0.6 is 11.8 Å². The SMILES string of the molecule is CSC1(CNc2ncc([N+](=O)[O-])cc2C#N)CC1. The summed E-state index contributed by atoms with van der Waals surface area (Å²) in [5.74, 6) is 0.420. The quantitative estimate of drug-likeness (QED) is 0.647. The van der Waals surface area contributed by atoms with E-state index in [0.29, 0.717) is 5.82 Å². The number of thioether (sulfide) groups is 1. The lowest BCUT2D eigenvalue weighted by Gasteiger charge is -2.13. The molecule has 0 bridgehead atoms. The highest BCUT2D eigenvalue weighted by molar-refractivity contribution is 8.00. The molecule has 0 aliphatic heterocycles. The first kappa shape index (κ1) is 12.6. The molecule has 1 N–H and O–H groups in total. The number of nitrogens with one attached hydrogen (secondary N) is 1. The number of hydrogen-bond donors (Lipinski definition) is 1. The first-order chi connectivity index (χ1) is 8.60. The van der Waals surface area contributed by atoms with Crippen LogP contribution < -0.4 is 5.32 Å². The molecule has 7 heteroatoms. The van der Waals surface area contributed by atoms with E-state index in [4.69, 9.17) is 5.26 Å². The maximum absolute atomic E-state index is 10.6. The molecule has 1 aromatic heterocycles. The minimum absolute atomic E-state index is 0.164. The Hall–Kier alpha value is -1.81. The van der Waals surface area contributed by atoms with Crippen molar-refractivity contribution in [2.75, 3.05) is 18.1 Å². The van der Waals surface area contributed by atoms with E-state index < -0.39 is 4.92 Å². The van der Waals surface area contributed by atoms with Gasteiger partial charge in [0.1, 0.15) is 23.6 Å². The maximum Gasteiger partial charge on any atom is 0.289 e. The Morgan fingerprint density at radius 2 is 2.44 bits per heavy atom. The Balaban J connectivity index is 2.13. The molecule has 1 saturated carbocycles. The molecule has 0 radical (unpaired) electrons. The van der Waals surface area contributed by atoms with Crippen molar-refractivity contribution in [3.8, 4) is 6.07 Å². The number of nitrogens with zero attached hydrogens (tertiary/aromatic N) is 3. The van der Waals surface area contributed by atoms with Crippen molar-refractivity contribution < 1.29 is 4.92 Å². The van der Waals surface area contributed by atoms with Gasteiger partial charge in [-0.15, -0.1) is 0 Å². The summed E-state index contributed by atoms with van der Waals surface area (Å²) in [4.78, 5) is 14.0. The number of nitro groups is 1. The highest BCUT2D eigenvalue weighted by Gasteiger charge is 2.41. The van der Waals surface area contributed by atoms with Gasteiger partial charge in [-0.05, 0) is 19.1 Å². The fourth-order valence-electron chi connectivity index (χ4n) is 1.62. The van der Waals surface area contributed by atoms with Crippen LogP contribution in [0.3, 0.4) is 0 Å². The van der Waals surface area contributed by atoms with Gasteiger partial charge in [0.2, 0.25) is 0 Å². The number of aromatic nitrogens is 1. The Morgan fingerprint density at radius 3 is 2.94 bits per heavy atom. The van der Waals surface area contributed by atoms with Gasteiger partial charge in [0.25, 0.3) is 5.69 Å². The molecule has 6 nitrogen and oxygen atoms in total. The van der Waals surface area contributed by atoms with E-state index in [2.05, 4.69) is 16.6 Å². The largest absolute Gasteiger partial charge is 0.368 e. The maximum atomic E-state index is 10.6. The Bertz CT molecular complexity index is 522. The zero-order valence-corrected chi connectivity index (χ0v) is 10.7. The Morgan fingerprint density at radius 1 is 1.72 bits per heavy atom. The van der Waals surface area contributed by atoms with Crippen LogP contribution in [0.5, 0.6) is 0 Å². The summed E-state index contributed by atoms with van der Waals surface area (Å²) in [7, 11) is 0. The van der Waals surface area contributed by atoms with Crippen molar-refractivity contribution in [2.45, 2.75) is 17.6 Å². The van der Waals surface area contributed by atoms with Crippen molar-refractivity contribution in [3.05, 3.63) is 27.9 Å². The second kappa shape index (κ2) is 4.82. The number of pyridine rings is 1. The summed E-state index contributed by atoms with van der Waals surface area (Å²) in [6.07, 6.45) is 5.52. The lowest BCUT2D eigenvalue weighted by molar-refractivity contribution is -0.385. The molecule has 0 atom stereocenters. The van der Waals surface area contributed by atoms with Gasteiger partial charge in [-0.25, -0.2) is 4.98 Å². The fourth-order valence-corrected chi connectivity index (χ4v) is 2.34. The zero-order valence-electron chi connectivity index (χ0n) is 9.84. The van der Waals surface area contributed by atoms with Crippen LogP contribution in [0.15, 0.2) is 12.3 Å². The lowest BCUT2D eigenvalue weighted by atomic mass is 10.2. The van der Waals surface area contributed by atoms with E-state index in [1.54, 1.807) is 11.8 Å². The highest BCUT2D eigenvalue weighted by atomic mass is 32.2. The van der Waals surface area contributed by atoms with E-state index in [1.165, 1.54) is 12.3 Å². The molecule has 0 aromatic carbocycles. The molecule has 2 rings (SSSR count). The summed E-state index contributed by atoms with van der Waals surface area (Å²) in [5.41, 5.74) is 0.0456. The summed E-state index contributed by atoms with van der Waals surface area (Å²) < 4.78 is 0.246. The van der Waals surface area contributed by atoms with E-state index in [1.807, 2.05) is 6.07 Å². The van der Waals surface area contributed by atoms with Gasteiger partial charge in [-0.3, -0.25) is 10.1 Å². The molecular weight excluding hydrogens is 252 g/mol. The molecule has 0 spiro atoms. The van der Waals surface area contributed by atoms with E-state index in [9.17, 15) is 10.1 Å². The minimum atomic E-state index is -0.554. The summed E-state index contributed by atoms with van der Waals surface area (Å²) in [6.45, 7) is 0.730. The standard InChI is InChI=1S/C11H12N4O2S/c1-18-11(2-3-11)7-14-10-8(5-12)4-9(6-13-10)15(16)17/h4,6H,2-3,7H2,1H3,(H,13,14). The third-order valence-electron chi connectivity index (χ3n) is 3.02. The first-order valence-electron chi connectivity index (χ1n) is 5.44. The fraction of sp³-hybridized carbons (Fsp3) is 0.455. The van der Waals surface area contributed by atoms with E-state index in [0.717, 1.165) is 19.4 Å². The van der Waals surface area contributed by atoms with Crippen molar-refractivity contribution in [3.63, 3.8) is 0 Å². The van der Waals surface area contributed by atoms with Crippen LogP contribution in [0.25, 0.3) is 0 Å². The molecule has 0 amide bonds. The average Bonchev–Trinajstić information content (AvgIpc) is 3.16. The molecule has 1 aromatic rings. The van der Waals surface area contributed by atoms with Crippen molar-refractivity contribution in [1.82, 2.24) is 4.98 Å². The first-order valence-corrected chi connectivity index (χ1v) is 6.66. The monoisotopic (exact) mass is 264 g/mol. The molecule has 1 fully saturated rings. The molecule has 1 aliphatic carbocycles. The van der Waals surface area contributed by atoms with Gasteiger partial charge in [0.05, 0.1) is 4.92 Å². The third-order valence-corrected chi connectivity index (χ3v) is 4.44. The molecular formula is C11H12N4O2S. The van der Waals surface area contributed by atoms with Crippen molar-refractivity contribution in [1.29, 1.82) is 5.26 Å². The molecule has 18 heavy (non-hydrogen) atoms. The van der Waals surface area contributed by atoms with Gasteiger partial charge in [-0.1, -0.05) is 0 Å². The zero-order chi connectivity index (χ0) is 13.2. The smallest absolute Gasteiger partial charge is 0.289 e. The van der Waals surface area contributed by atoms with Gasteiger partial charge in [-0.2, -0.15) is 17.0 Å². The lowest BCUT2D eigenvalue weighted by Crippen LogP contribution is -2.18. The van der Waals surface area contributed by atoms with Gasteiger partial charge < -0.3 is 5.32 Å². The van der Waals surface area contributed by atoms with Crippen molar-refractivity contribution in [2.24, 2.45) is 0 Å². The topological polar surface area (TPSA) is 91.8 Å². The van der Waals surface area contributed by atoms with Crippen LogP contribution in [0.2, 0.25) is 0 Å². The Labute approximate surface area is 109 Å². The molecule has 1 heterocycles. The van der Waals surface area contributed by atoms with Crippen LogP contribution in [0.4, 0.5) is 11.5 Å². The van der Waals surface area contributed by atoms with Crippen LogP contribution in [0, 0.1) is 21.4 Å². The summed E-state index contributed by atoms with van der Waals surface area (Å²) in [6, 6.07) is 3.17. The number of nitriles is 1. The summed E-state index contributed by atoms with van der Waals surface area (Å²) >= 11 is 1.80. The van der Waals surface area contributed by atoms with Gasteiger partial charge in [0, 0.05) is 17.4 Å².